The molecule has 0 heterocycles. The SMILES string of the molecule is CC(C)(Br)C1CC=C(CC(F)(F)Br)CC1. The van der Waals surface area contributed by atoms with Crippen LogP contribution in [0.25, 0.3) is 0 Å². The molecule has 0 spiro atoms. The van der Waals surface area contributed by atoms with E-state index in [0.717, 1.165) is 24.8 Å². The van der Waals surface area contributed by atoms with Crippen LogP contribution in [0.4, 0.5) is 8.78 Å². The van der Waals surface area contributed by atoms with Gasteiger partial charge in [-0.2, -0.15) is 8.78 Å². The Labute approximate surface area is 107 Å². The summed E-state index contributed by atoms with van der Waals surface area (Å²) in [6.45, 7) is 4.27. The maximum Gasteiger partial charge on any atom is 0.305 e. The van der Waals surface area contributed by atoms with E-state index in [1.54, 1.807) is 0 Å². The number of allylic oxidation sites excluding steroid dienone is 2. The molecule has 0 nitrogen and oxygen atoms in total. The van der Waals surface area contributed by atoms with Crippen molar-refractivity contribution in [2.75, 3.05) is 0 Å². The molecular weight excluding hydrogens is 330 g/mol. The van der Waals surface area contributed by atoms with Crippen LogP contribution >= 0.6 is 31.9 Å². The predicted molar refractivity (Wildman–Crippen MR) is 66.9 cm³/mol. The van der Waals surface area contributed by atoms with Gasteiger partial charge in [-0.1, -0.05) is 27.6 Å². The van der Waals surface area contributed by atoms with E-state index in [1.807, 2.05) is 6.08 Å². The second kappa shape index (κ2) is 4.82. The molecule has 15 heavy (non-hydrogen) atoms. The fourth-order valence-corrected chi connectivity index (χ4v) is 2.71. The quantitative estimate of drug-likeness (QED) is 0.483. The maximum atomic E-state index is 12.7. The van der Waals surface area contributed by atoms with Crippen molar-refractivity contribution in [3.63, 3.8) is 0 Å². The molecule has 0 N–H and O–H groups in total. The second-order valence-corrected chi connectivity index (χ2v) is 7.89. The van der Waals surface area contributed by atoms with Crippen molar-refractivity contribution in [3.8, 4) is 0 Å². The highest BCUT2D eigenvalue weighted by molar-refractivity contribution is 9.10. The average Bonchev–Trinajstić information content (AvgIpc) is 2.00. The van der Waals surface area contributed by atoms with E-state index in [1.165, 1.54) is 0 Å². The van der Waals surface area contributed by atoms with Crippen molar-refractivity contribution < 1.29 is 8.78 Å². The Kier molecular flexibility index (Phi) is 4.38. The van der Waals surface area contributed by atoms with E-state index < -0.39 is 4.83 Å². The van der Waals surface area contributed by atoms with Gasteiger partial charge < -0.3 is 0 Å². The summed E-state index contributed by atoms with van der Waals surface area (Å²) < 4.78 is 25.5. The largest absolute Gasteiger partial charge is 0.305 e. The first-order valence-corrected chi connectivity index (χ1v) is 6.70. The van der Waals surface area contributed by atoms with Gasteiger partial charge in [0.25, 0.3) is 0 Å². The normalized spacial score (nSPS) is 23.9. The monoisotopic (exact) mass is 344 g/mol. The third-order valence-corrected chi connectivity index (χ3v) is 3.83. The van der Waals surface area contributed by atoms with Gasteiger partial charge in [0.1, 0.15) is 0 Å². The number of hydrogen-bond acceptors (Lipinski definition) is 0. The summed E-state index contributed by atoms with van der Waals surface area (Å²) in [6.07, 6.45) is 4.51. The Morgan fingerprint density at radius 2 is 2.00 bits per heavy atom. The Bertz CT molecular complexity index is 248. The van der Waals surface area contributed by atoms with Crippen LogP contribution in [-0.2, 0) is 0 Å². The van der Waals surface area contributed by atoms with Gasteiger partial charge in [0.15, 0.2) is 0 Å². The van der Waals surface area contributed by atoms with Gasteiger partial charge >= 0.3 is 4.83 Å². The molecule has 4 heteroatoms. The molecule has 1 atom stereocenters. The summed E-state index contributed by atoms with van der Waals surface area (Å²) in [7, 11) is 0. The van der Waals surface area contributed by atoms with E-state index in [-0.39, 0.29) is 10.7 Å². The van der Waals surface area contributed by atoms with Crippen LogP contribution in [0.2, 0.25) is 0 Å². The lowest BCUT2D eigenvalue weighted by Gasteiger charge is -2.32. The van der Waals surface area contributed by atoms with E-state index >= 15 is 0 Å². The summed E-state index contributed by atoms with van der Waals surface area (Å²) in [5.41, 5.74) is 0.880. The van der Waals surface area contributed by atoms with Crippen molar-refractivity contribution >= 4 is 31.9 Å². The minimum atomic E-state index is -2.74. The van der Waals surface area contributed by atoms with Crippen LogP contribution in [0.3, 0.4) is 0 Å². The third-order valence-electron chi connectivity index (χ3n) is 2.90. The van der Waals surface area contributed by atoms with Gasteiger partial charge in [-0.05, 0) is 55.0 Å². The third kappa shape index (κ3) is 4.94. The van der Waals surface area contributed by atoms with Gasteiger partial charge in [-0.25, -0.2) is 0 Å². The van der Waals surface area contributed by atoms with Gasteiger partial charge in [0, 0.05) is 10.7 Å². The van der Waals surface area contributed by atoms with Crippen molar-refractivity contribution in [2.24, 2.45) is 5.92 Å². The zero-order valence-electron chi connectivity index (χ0n) is 8.99. The van der Waals surface area contributed by atoms with Crippen LogP contribution in [0, 0.1) is 5.92 Å². The molecule has 1 unspecified atom stereocenters. The zero-order valence-corrected chi connectivity index (χ0v) is 12.2. The maximum absolute atomic E-state index is 12.7. The minimum Gasteiger partial charge on any atom is -0.193 e. The Morgan fingerprint density at radius 1 is 1.40 bits per heavy atom. The van der Waals surface area contributed by atoms with Gasteiger partial charge in [0.05, 0.1) is 0 Å². The van der Waals surface area contributed by atoms with E-state index in [4.69, 9.17) is 0 Å². The topological polar surface area (TPSA) is 0 Å². The molecule has 0 saturated heterocycles. The van der Waals surface area contributed by atoms with Crippen molar-refractivity contribution in [3.05, 3.63) is 11.6 Å². The lowest BCUT2D eigenvalue weighted by atomic mass is 9.81. The minimum absolute atomic E-state index is 0.103. The molecule has 1 aliphatic rings. The number of alkyl halides is 4. The lowest BCUT2D eigenvalue weighted by Crippen LogP contribution is -2.26. The van der Waals surface area contributed by atoms with Gasteiger partial charge in [0.2, 0.25) is 0 Å². The van der Waals surface area contributed by atoms with Crippen molar-refractivity contribution in [1.82, 2.24) is 0 Å². The molecule has 0 saturated carbocycles. The van der Waals surface area contributed by atoms with E-state index in [0.29, 0.717) is 5.92 Å². The molecule has 0 radical (unpaired) electrons. The van der Waals surface area contributed by atoms with Crippen LogP contribution < -0.4 is 0 Å². The molecule has 0 amide bonds. The molecule has 0 aromatic carbocycles. The fraction of sp³-hybridized carbons (Fsp3) is 0.818. The zero-order chi connectivity index (χ0) is 11.7. The smallest absolute Gasteiger partial charge is 0.193 e. The van der Waals surface area contributed by atoms with E-state index in [2.05, 4.69) is 45.7 Å². The van der Waals surface area contributed by atoms with Crippen molar-refractivity contribution in [2.45, 2.75) is 48.7 Å². The molecule has 1 aliphatic carbocycles. The highest BCUT2D eigenvalue weighted by Crippen LogP contribution is 2.40. The first kappa shape index (κ1) is 13.6. The Hall–Kier alpha value is 0.560. The van der Waals surface area contributed by atoms with Crippen molar-refractivity contribution in [1.29, 1.82) is 0 Å². The molecule has 88 valence electrons. The standard InChI is InChI=1S/C11H16Br2F2/c1-10(2,12)9-5-3-8(4-6-9)7-11(13,14)15/h3,9H,4-7H2,1-2H3. The highest BCUT2D eigenvalue weighted by atomic mass is 79.9. The predicted octanol–water partition coefficient (Wildman–Crippen LogP) is 5.26. The van der Waals surface area contributed by atoms with E-state index in [9.17, 15) is 8.78 Å². The fourth-order valence-electron chi connectivity index (χ4n) is 1.93. The molecule has 0 bridgehead atoms. The average molecular weight is 346 g/mol. The highest BCUT2D eigenvalue weighted by Gasteiger charge is 2.31. The first-order valence-electron chi connectivity index (χ1n) is 5.12. The summed E-state index contributed by atoms with van der Waals surface area (Å²) in [5, 5.41) is 0. The van der Waals surface area contributed by atoms with Crippen LogP contribution in [0.1, 0.15) is 39.5 Å². The summed E-state index contributed by atoms with van der Waals surface area (Å²) in [5.74, 6) is 0.546. The Balaban J connectivity index is 2.53. The summed E-state index contributed by atoms with van der Waals surface area (Å²) in [4.78, 5) is -2.74. The molecule has 1 rings (SSSR count). The molecular formula is C11H16Br2F2. The summed E-state index contributed by atoms with van der Waals surface area (Å²) in [6, 6.07) is 0. The Morgan fingerprint density at radius 3 is 2.33 bits per heavy atom. The number of halogens is 4. The molecule has 0 aromatic heterocycles. The summed E-state index contributed by atoms with van der Waals surface area (Å²) >= 11 is 6.02. The van der Waals surface area contributed by atoms with Crippen LogP contribution in [0.5, 0.6) is 0 Å². The molecule has 0 aromatic rings. The van der Waals surface area contributed by atoms with Gasteiger partial charge in [-0.15, -0.1) is 0 Å². The van der Waals surface area contributed by atoms with Crippen LogP contribution in [0.15, 0.2) is 11.6 Å². The molecule has 0 fully saturated rings. The number of rotatable bonds is 3. The lowest BCUT2D eigenvalue weighted by molar-refractivity contribution is 0.113. The van der Waals surface area contributed by atoms with Crippen LogP contribution in [-0.4, -0.2) is 9.16 Å². The first-order chi connectivity index (χ1) is 6.68. The second-order valence-electron chi connectivity index (χ2n) is 4.69. The molecule has 0 aliphatic heterocycles. The van der Waals surface area contributed by atoms with Gasteiger partial charge in [-0.3, -0.25) is 0 Å². The number of hydrogen-bond donors (Lipinski definition) is 0.